The van der Waals surface area contributed by atoms with E-state index in [1.165, 1.54) is 6.07 Å². The molecule has 2 heterocycles. The van der Waals surface area contributed by atoms with Gasteiger partial charge in [-0.2, -0.15) is 0 Å². The van der Waals surface area contributed by atoms with Crippen LogP contribution in [-0.4, -0.2) is 60.2 Å². The highest BCUT2D eigenvalue weighted by atomic mass is 19.2. The molecule has 0 unspecified atom stereocenters. The lowest BCUT2D eigenvalue weighted by Crippen LogP contribution is -2.52. The number of nitrogens with zero attached hydrogens (tertiary/aromatic N) is 3. The topological polar surface area (TPSA) is 60.9 Å². The van der Waals surface area contributed by atoms with Crippen molar-refractivity contribution in [1.82, 2.24) is 9.80 Å². The zero-order valence-electron chi connectivity index (χ0n) is 12.2. The maximum atomic E-state index is 13.3. The SMILES string of the molecule is O=CN1CCN([C@H]2CC(=O)N(c3ccc(F)c(F)c3)C2=O)CC1. The highest BCUT2D eigenvalue weighted by Gasteiger charge is 2.43. The van der Waals surface area contributed by atoms with E-state index in [-0.39, 0.29) is 12.1 Å². The third-order valence-electron chi connectivity index (χ3n) is 4.22. The van der Waals surface area contributed by atoms with E-state index in [4.69, 9.17) is 0 Å². The number of piperazine rings is 1. The summed E-state index contributed by atoms with van der Waals surface area (Å²) in [4.78, 5) is 39.7. The fourth-order valence-corrected chi connectivity index (χ4v) is 2.95. The third-order valence-corrected chi connectivity index (χ3v) is 4.22. The first-order chi connectivity index (χ1) is 11.0. The van der Waals surface area contributed by atoms with Gasteiger partial charge in [-0.1, -0.05) is 0 Å². The van der Waals surface area contributed by atoms with Gasteiger partial charge < -0.3 is 4.90 Å². The van der Waals surface area contributed by atoms with Gasteiger partial charge >= 0.3 is 0 Å². The molecule has 0 N–H and O–H groups in total. The van der Waals surface area contributed by atoms with Crippen molar-refractivity contribution in [3.63, 3.8) is 0 Å². The Morgan fingerprint density at radius 3 is 2.35 bits per heavy atom. The van der Waals surface area contributed by atoms with Gasteiger partial charge in [-0.25, -0.2) is 13.7 Å². The van der Waals surface area contributed by atoms with Crippen molar-refractivity contribution in [2.75, 3.05) is 31.1 Å². The van der Waals surface area contributed by atoms with Crippen LogP contribution in [0.15, 0.2) is 18.2 Å². The molecule has 1 atom stereocenters. The molecule has 2 saturated heterocycles. The van der Waals surface area contributed by atoms with Crippen LogP contribution < -0.4 is 4.90 Å². The smallest absolute Gasteiger partial charge is 0.251 e. The molecule has 122 valence electrons. The standard InChI is InChI=1S/C15H15F2N3O3/c16-11-2-1-10(7-12(11)17)20-14(22)8-13(15(20)23)19-5-3-18(9-21)4-6-19/h1-2,7,9,13H,3-6,8H2/t13-/m0/s1. The number of hydrogen-bond acceptors (Lipinski definition) is 4. The van der Waals surface area contributed by atoms with Crippen LogP contribution in [-0.2, 0) is 14.4 Å². The number of amides is 3. The minimum atomic E-state index is -1.11. The Morgan fingerprint density at radius 2 is 1.74 bits per heavy atom. The maximum Gasteiger partial charge on any atom is 0.251 e. The van der Waals surface area contributed by atoms with E-state index in [0.29, 0.717) is 26.2 Å². The molecule has 2 aliphatic rings. The van der Waals surface area contributed by atoms with Gasteiger partial charge in [0, 0.05) is 32.2 Å². The lowest BCUT2D eigenvalue weighted by Gasteiger charge is -2.35. The highest BCUT2D eigenvalue weighted by molar-refractivity contribution is 6.22. The molecule has 0 spiro atoms. The van der Waals surface area contributed by atoms with Gasteiger partial charge in [-0.3, -0.25) is 19.3 Å². The summed E-state index contributed by atoms with van der Waals surface area (Å²) in [6, 6.07) is 2.32. The molecule has 6 nitrogen and oxygen atoms in total. The fourth-order valence-electron chi connectivity index (χ4n) is 2.95. The Balaban J connectivity index is 1.77. The number of carbonyl (C=O) groups is 3. The summed E-state index contributed by atoms with van der Waals surface area (Å²) < 4.78 is 26.4. The molecule has 2 fully saturated rings. The Kier molecular flexibility index (Phi) is 4.08. The average Bonchev–Trinajstić information content (AvgIpc) is 2.85. The molecule has 0 aromatic heterocycles. The van der Waals surface area contributed by atoms with E-state index in [0.717, 1.165) is 23.4 Å². The molecular formula is C15H15F2N3O3. The molecule has 2 aliphatic heterocycles. The molecule has 23 heavy (non-hydrogen) atoms. The van der Waals surface area contributed by atoms with Crippen molar-refractivity contribution in [2.24, 2.45) is 0 Å². The Morgan fingerprint density at radius 1 is 1.04 bits per heavy atom. The van der Waals surface area contributed by atoms with Gasteiger partial charge in [0.25, 0.3) is 5.91 Å². The number of carbonyl (C=O) groups excluding carboxylic acids is 3. The van der Waals surface area contributed by atoms with Crippen molar-refractivity contribution in [3.05, 3.63) is 29.8 Å². The van der Waals surface area contributed by atoms with E-state index < -0.39 is 29.5 Å². The number of benzene rings is 1. The van der Waals surface area contributed by atoms with Gasteiger partial charge in [0.1, 0.15) is 0 Å². The van der Waals surface area contributed by atoms with Gasteiger partial charge in [0.2, 0.25) is 12.3 Å². The summed E-state index contributed by atoms with van der Waals surface area (Å²) >= 11 is 0. The van der Waals surface area contributed by atoms with Crippen LogP contribution in [0.25, 0.3) is 0 Å². The molecule has 8 heteroatoms. The van der Waals surface area contributed by atoms with E-state index in [1.807, 2.05) is 4.90 Å². The zero-order valence-corrected chi connectivity index (χ0v) is 12.2. The van der Waals surface area contributed by atoms with Crippen molar-refractivity contribution < 1.29 is 23.2 Å². The van der Waals surface area contributed by atoms with Gasteiger partial charge in [0.05, 0.1) is 18.2 Å². The van der Waals surface area contributed by atoms with Crippen LogP contribution in [0.4, 0.5) is 14.5 Å². The quantitative estimate of drug-likeness (QED) is 0.596. The number of rotatable bonds is 3. The van der Waals surface area contributed by atoms with E-state index in [2.05, 4.69) is 0 Å². The first kappa shape index (κ1) is 15.5. The van der Waals surface area contributed by atoms with E-state index in [1.54, 1.807) is 4.90 Å². The van der Waals surface area contributed by atoms with Gasteiger partial charge in [0.15, 0.2) is 11.6 Å². The second-order valence-corrected chi connectivity index (χ2v) is 5.56. The van der Waals surface area contributed by atoms with Crippen LogP contribution in [0.2, 0.25) is 0 Å². The summed E-state index contributed by atoms with van der Waals surface area (Å²) in [5.41, 5.74) is 0.0351. The van der Waals surface area contributed by atoms with Crippen LogP contribution in [0.1, 0.15) is 6.42 Å². The van der Waals surface area contributed by atoms with Crippen molar-refractivity contribution in [2.45, 2.75) is 12.5 Å². The summed E-state index contributed by atoms with van der Waals surface area (Å²) in [5.74, 6) is -3.02. The average molecular weight is 323 g/mol. The molecule has 3 rings (SSSR count). The molecule has 3 amide bonds. The van der Waals surface area contributed by atoms with Crippen LogP contribution >= 0.6 is 0 Å². The van der Waals surface area contributed by atoms with Crippen molar-refractivity contribution >= 4 is 23.9 Å². The summed E-state index contributed by atoms with van der Waals surface area (Å²) in [5, 5.41) is 0. The summed E-state index contributed by atoms with van der Waals surface area (Å²) in [7, 11) is 0. The number of halogens is 2. The fraction of sp³-hybridized carbons (Fsp3) is 0.400. The lowest BCUT2D eigenvalue weighted by atomic mass is 10.2. The Labute approximate surface area is 131 Å². The first-order valence-corrected chi connectivity index (χ1v) is 7.26. The minimum Gasteiger partial charge on any atom is -0.343 e. The molecule has 0 bridgehead atoms. The van der Waals surface area contributed by atoms with Crippen LogP contribution in [0, 0.1) is 11.6 Å². The molecule has 0 radical (unpaired) electrons. The van der Waals surface area contributed by atoms with Crippen LogP contribution in [0.3, 0.4) is 0 Å². The molecule has 1 aromatic carbocycles. The number of hydrogen-bond donors (Lipinski definition) is 0. The highest BCUT2D eigenvalue weighted by Crippen LogP contribution is 2.27. The van der Waals surface area contributed by atoms with Crippen molar-refractivity contribution in [1.29, 1.82) is 0 Å². The van der Waals surface area contributed by atoms with Gasteiger partial charge in [-0.15, -0.1) is 0 Å². The molecule has 0 aliphatic carbocycles. The van der Waals surface area contributed by atoms with Crippen molar-refractivity contribution in [3.8, 4) is 0 Å². The van der Waals surface area contributed by atoms with Gasteiger partial charge in [-0.05, 0) is 12.1 Å². The Hall–Kier alpha value is -2.35. The monoisotopic (exact) mass is 323 g/mol. The van der Waals surface area contributed by atoms with E-state index >= 15 is 0 Å². The lowest BCUT2D eigenvalue weighted by molar-refractivity contribution is -0.124. The largest absolute Gasteiger partial charge is 0.343 e. The number of imide groups is 1. The predicted molar refractivity (Wildman–Crippen MR) is 76.5 cm³/mol. The first-order valence-electron chi connectivity index (χ1n) is 7.26. The Bertz CT molecular complexity index is 659. The molecule has 1 aromatic rings. The predicted octanol–water partition coefficient (Wildman–Crippen LogP) is 0.371. The minimum absolute atomic E-state index is 0.00107. The molecular weight excluding hydrogens is 308 g/mol. The second kappa shape index (κ2) is 6.04. The molecule has 0 saturated carbocycles. The third kappa shape index (κ3) is 2.81. The van der Waals surface area contributed by atoms with Crippen LogP contribution in [0.5, 0.6) is 0 Å². The summed E-state index contributed by atoms with van der Waals surface area (Å²) in [6.07, 6.45) is 0.755. The number of anilines is 1. The second-order valence-electron chi connectivity index (χ2n) is 5.56. The normalized spacial score (nSPS) is 22.8. The van der Waals surface area contributed by atoms with E-state index in [9.17, 15) is 23.2 Å². The zero-order chi connectivity index (χ0) is 16.6. The summed E-state index contributed by atoms with van der Waals surface area (Å²) in [6.45, 7) is 1.97. The maximum absolute atomic E-state index is 13.3.